The first-order chi connectivity index (χ1) is 9.24. The summed E-state index contributed by atoms with van der Waals surface area (Å²) in [5, 5.41) is 2.94. The van der Waals surface area contributed by atoms with Gasteiger partial charge in [-0.3, -0.25) is 4.79 Å². The molecule has 0 saturated heterocycles. The average molecular weight is 260 g/mol. The Morgan fingerprint density at radius 2 is 2.32 bits per heavy atom. The quantitative estimate of drug-likeness (QED) is 0.844. The molecule has 0 aliphatic heterocycles. The molecule has 2 aromatic rings. The molecule has 2 aromatic heterocycles. The Bertz CT molecular complexity index is 592. The summed E-state index contributed by atoms with van der Waals surface area (Å²) in [7, 11) is 0. The number of halogens is 1. The van der Waals surface area contributed by atoms with Crippen LogP contribution >= 0.6 is 0 Å². The number of nitrogens with zero attached hydrogens (tertiary/aromatic N) is 1. The summed E-state index contributed by atoms with van der Waals surface area (Å²) in [6, 6.07) is 4.46. The van der Waals surface area contributed by atoms with Gasteiger partial charge in [0.2, 0.25) is 5.95 Å². The van der Waals surface area contributed by atoms with Gasteiger partial charge in [0.05, 0.1) is 17.9 Å². The third-order valence-corrected chi connectivity index (χ3v) is 3.35. The van der Waals surface area contributed by atoms with E-state index in [1.807, 2.05) is 6.07 Å². The number of fused-ring (bicyclic) bond motifs is 1. The predicted octanol–water partition coefficient (Wildman–Crippen LogP) is 2.62. The number of aromatic nitrogens is 1. The van der Waals surface area contributed by atoms with Gasteiger partial charge in [-0.2, -0.15) is 4.39 Å². The minimum Gasteiger partial charge on any atom is -0.469 e. The first kappa shape index (κ1) is 11.9. The maximum absolute atomic E-state index is 12.7. The van der Waals surface area contributed by atoms with Crippen molar-refractivity contribution in [2.45, 2.75) is 25.3 Å². The van der Waals surface area contributed by atoms with Crippen LogP contribution in [-0.2, 0) is 6.42 Å². The highest BCUT2D eigenvalue weighted by Crippen LogP contribution is 2.30. The van der Waals surface area contributed by atoms with Gasteiger partial charge in [0, 0.05) is 18.2 Å². The van der Waals surface area contributed by atoms with Crippen LogP contribution in [0, 0.1) is 5.95 Å². The molecule has 2 heterocycles. The Labute approximate surface area is 109 Å². The van der Waals surface area contributed by atoms with Gasteiger partial charge in [-0.25, -0.2) is 4.98 Å². The normalized spacial score (nSPS) is 17.8. The van der Waals surface area contributed by atoms with Gasteiger partial charge in [-0.1, -0.05) is 0 Å². The highest BCUT2D eigenvalue weighted by atomic mass is 19.1. The minimum absolute atomic E-state index is 0.0416. The van der Waals surface area contributed by atoms with Gasteiger partial charge in [-0.05, 0) is 31.0 Å². The Hall–Kier alpha value is -2.17. The molecule has 1 aliphatic rings. The molecule has 0 saturated carbocycles. The van der Waals surface area contributed by atoms with E-state index in [0.29, 0.717) is 5.56 Å². The molecule has 0 radical (unpaired) electrons. The third kappa shape index (κ3) is 2.36. The van der Waals surface area contributed by atoms with Crippen molar-refractivity contribution in [3.05, 3.63) is 53.5 Å². The van der Waals surface area contributed by atoms with Crippen molar-refractivity contribution in [2.75, 3.05) is 0 Å². The Balaban J connectivity index is 1.76. The molecule has 98 valence electrons. The zero-order valence-electron chi connectivity index (χ0n) is 10.2. The summed E-state index contributed by atoms with van der Waals surface area (Å²) in [6.45, 7) is 0. The topological polar surface area (TPSA) is 55.1 Å². The van der Waals surface area contributed by atoms with Gasteiger partial charge < -0.3 is 9.73 Å². The molecule has 0 aromatic carbocycles. The molecule has 1 unspecified atom stereocenters. The largest absolute Gasteiger partial charge is 0.469 e. The van der Waals surface area contributed by atoms with Crippen LogP contribution < -0.4 is 5.32 Å². The van der Waals surface area contributed by atoms with Crippen LogP contribution in [-0.4, -0.2) is 10.9 Å². The molecule has 4 nitrogen and oxygen atoms in total. The first-order valence-electron chi connectivity index (χ1n) is 6.23. The molecule has 3 rings (SSSR count). The SMILES string of the molecule is O=C(NC1CCCc2occc21)c1ccc(F)nc1. The number of amides is 1. The van der Waals surface area contributed by atoms with Crippen LogP contribution in [0.2, 0.25) is 0 Å². The highest BCUT2D eigenvalue weighted by Gasteiger charge is 2.24. The summed E-state index contributed by atoms with van der Waals surface area (Å²) in [5.74, 6) is 0.103. The van der Waals surface area contributed by atoms with Gasteiger partial charge >= 0.3 is 0 Å². The number of hydrogen-bond donors (Lipinski definition) is 1. The van der Waals surface area contributed by atoms with Gasteiger partial charge in [0.15, 0.2) is 0 Å². The van der Waals surface area contributed by atoms with E-state index in [1.165, 1.54) is 18.3 Å². The van der Waals surface area contributed by atoms with E-state index in [-0.39, 0.29) is 11.9 Å². The van der Waals surface area contributed by atoms with Crippen molar-refractivity contribution in [1.29, 1.82) is 0 Å². The number of furan rings is 1. The molecule has 0 bridgehead atoms. The fourth-order valence-electron chi connectivity index (χ4n) is 2.39. The number of aryl methyl sites for hydroxylation is 1. The molecule has 1 atom stereocenters. The highest BCUT2D eigenvalue weighted by molar-refractivity contribution is 5.94. The third-order valence-electron chi connectivity index (χ3n) is 3.35. The molecule has 0 fully saturated rings. The number of pyridine rings is 1. The summed E-state index contributed by atoms with van der Waals surface area (Å²) in [4.78, 5) is 15.5. The van der Waals surface area contributed by atoms with Crippen molar-refractivity contribution < 1.29 is 13.6 Å². The molecular formula is C14H13FN2O2. The van der Waals surface area contributed by atoms with Crippen molar-refractivity contribution >= 4 is 5.91 Å². The summed E-state index contributed by atoms with van der Waals surface area (Å²) >= 11 is 0. The number of carbonyl (C=O) groups excluding carboxylic acids is 1. The minimum atomic E-state index is -0.591. The van der Waals surface area contributed by atoms with Crippen LogP contribution in [0.5, 0.6) is 0 Å². The molecule has 1 N–H and O–H groups in total. The van der Waals surface area contributed by atoms with E-state index in [4.69, 9.17) is 4.42 Å². The molecular weight excluding hydrogens is 247 g/mol. The Morgan fingerprint density at radius 3 is 3.11 bits per heavy atom. The second-order valence-electron chi connectivity index (χ2n) is 4.59. The zero-order chi connectivity index (χ0) is 13.2. The van der Waals surface area contributed by atoms with Crippen LogP contribution in [0.3, 0.4) is 0 Å². The number of carbonyl (C=O) groups is 1. The second-order valence-corrected chi connectivity index (χ2v) is 4.59. The van der Waals surface area contributed by atoms with E-state index < -0.39 is 5.95 Å². The lowest BCUT2D eigenvalue weighted by molar-refractivity contribution is 0.0932. The van der Waals surface area contributed by atoms with Crippen molar-refractivity contribution in [3.8, 4) is 0 Å². The smallest absolute Gasteiger partial charge is 0.253 e. The summed E-state index contributed by atoms with van der Waals surface area (Å²) in [5.41, 5.74) is 1.40. The Kier molecular flexibility index (Phi) is 3.03. The lowest BCUT2D eigenvalue weighted by Gasteiger charge is -2.22. The van der Waals surface area contributed by atoms with Gasteiger partial charge in [-0.15, -0.1) is 0 Å². The zero-order valence-corrected chi connectivity index (χ0v) is 10.2. The number of rotatable bonds is 2. The van der Waals surface area contributed by atoms with Crippen molar-refractivity contribution in [3.63, 3.8) is 0 Å². The number of hydrogen-bond acceptors (Lipinski definition) is 3. The molecule has 5 heteroatoms. The standard InChI is InChI=1S/C14H13FN2O2/c15-13-5-4-9(8-16-13)14(18)17-11-2-1-3-12-10(11)6-7-19-12/h4-8,11H,1-3H2,(H,17,18). The summed E-state index contributed by atoms with van der Waals surface area (Å²) in [6.07, 6.45) is 5.66. The van der Waals surface area contributed by atoms with E-state index in [2.05, 4.69) is 10.3 Å². The molecule has 1 amide bonds. The van der Waals surface area contributed by atoms with E-state index in [1.54, 1.807) is 6.26 Å². The fourth-order valence-corrected chi connectivity index (χ4v) is 2.39. The lowest BCUT2D eigenvalue weighted by Crippen LogP contribution is -2.30. The van der Waals surface area contributed by atoms with Crippen LogP contribution in [0.15, 0.2) is 35.1 Å². The average Bonchev–Trinajstić information content (AvgIpc) is 2.89. The Morgan fingerprint density at radius 1 is 1.42 bits per heavy atom. The number of nitrogens with one attached hydrogen (secondary N) is 1. The van der Waals surface area contributed by atoms with Crippen molar-refractivity contribution in [2.24, 2.45) is 0 Å². The van der Waals surface area contributed by atoms with Crippen molar-refractivity contribution in [1.82, 2.24) is 10.3 Å². The van der Waals surface area contributed by atoms with E-state index in [9.17, 15) is 9.18 Å². The molecule has 1 aliphatic carbocycles. The molecule has 19 heavy (non-hydrogen) atoms. The van der Waals surface area contributed by atoms with Crippen LogP contribution in [0.1, 0.15) is 40.6 Å². The fraction of sp³-hybridized carbons (Fsp3) is 0.286. The van der Waals surface area contributed by atoms with Gasteiger partial charge in [0.25, 0.3) is 5.91 Å². The maximum atomic E-state index is 12.7. The maximum Gasteiger partial charge on any atom is 0.253 e. The predicted molar refractivity (Wildman–Crippen MR) is 66.0 cm³/mol. The first-order valence-corrected chi connectivity index (χ1v) is 6.23. The van der Waals surface area contributed by atoms with E-state index >= 15 is 0 Å². The summed E-state index contributed by atoms with van der Waals surface area (Å²) < 4.78 is 18.1. The monoisotopic (exact) mass is 260 g/mol. The lowest BCUT2D eigenvalue weighted by atomic mass is 9.93. The second kappa shape index (κ2) is 4.84. The van der Waals surface area contributed by atoms with Crippen LogP contribution in [0.25, 0.3) is 0 Å². The van der Waals surface area contributed by atoms with Crippen LogP contribution in [0.4, 0.5) is 4.39 Å². The van der Waals surface area contributed by atoms with Gasteiger partial charge in [0.1, 0.15) is 5.76 Å². The molecule has 0 spiro atoms. The van der Waals surface area contributed by atoms with E-state index in [0.717, 1.165) is 30.6 Å².